The van der Waals surface area contributed by atoms with Crippen LogP contribution in [0.25, 0.3) is 10.9 Å². The molecule has 1 heterocycles. The number of aryl methyl sites for hydroxylation is 3. The summed E-state index contributed by atoms with van der Waals surface area (Å²) in [5.74, 6) is 0. The van der Waals surface area contributed by atoms with Crippen LogP contribution < -0.4 is 0 Å². The number of nitrogens with zero attached hydrogens (tertiary/aromatic N) is 1. The lowest BCUT2D eigenvalue weighted by Crippen LogP contribution is -1.94. The number of aromatic amines is 1. The van der Waals surface area contributed by atoms with Crippen molar-refractivity contribution in [2.75, 3.05) is 0 Å². The molecule has 0 atom stereocenters. The van der Waals surface area contributed by atoms with Gasteiger partial charge in [0, 0.05) is 16.6 Å². The Kier molecular flexibility index (Phi) is 2.71. The van der Waals surface area contributed by atoms with Gasteiger partial charge in [0.1, 0.15) is 0 Å². The number of rotatable bonds is 1. The van der Waals surface area contributed by atoms with Gasteiger partial charge < -0.3 is 4.98 Å². The van der Waals surface area contributed by atoms with Crippen molar-refractivity contribution >= 4 is 10.9 Å². The third-order valence-electron chi connectivity index (χ3n) is 4.01. The van der Waals surface area contributed by atoms with Crippen LogP contribution in [0.1, 0.15) is 33.5 Å². The van der Waals surface area contributed by atoms with E-state index in [1.165, 1.54) is 33.2 Å². The second-order valence-corrected chi connectivity index (χ2v) is 4.81. The van der Waals surface area contributed by atoms with E-state index in [0.29, 0.717) is 6.42 Å². The topological polar surface area (TPSA) is 39.6 Å². The third-order valence-corrected chi connectivity index (χ3v) is 4.01. The fraction of sp³-hybridized carbons (Fsp3) is 0.400. The van der Waals surface area contributed by atoms with Crippen molar-refractivity contribution in [2.45, 2.75) is 41.0 Å². The lowest BCUT2D eigenvalue weighted by atomic mass is 9.93. The van der Waals surface area contributed by atoms with Crippen LogP contribution >= 0.6 is 0 Å². The summed E-state index contributed by atoms with van der Waals surface area (Å²) in [6.45, 7) is 10.7. The van der Waals surface area contributed by atoms with Gasteiger partial charge in [-0.2, -0.15) is 5.26 Å². The summed E-state index contributed by atoms with van der Waals surface area (Å²) in [4.78, 5) is 3.44. The monoisotopic (exact) mass is 226 g/mol. The highest BCUT2D eigenvalue weighted by molar-refractivity contribution is 5.92. The minimum atomic E-state index is 0.481. The summed E-state index contributed by atoms with van der Waals surface area (Å²) in [5.41, 5.74) is 8.78. The highest BCUT2D eigenvalue weighted by Gasteiger charge is 2.15. The molecule has 2 heteroatoms. The average molecular weight is 226 g/mol. The Labute approximate surface area is 102 Å². The van der Waals surface area contributed by atoms with Crippen LogP contribution in [-0.2, 0) is 6.42 Å². The van der Waals surface area contributed by atoms with Crippen molar-refractivity contribution in [3.05, 3.63) is 33.5 Å². The molecule has 0 bridgehead atoms. The minimum Gasteiger partial charge on any atom is -0.358 e. The van der Waals surface area contributed by atoms with Crippen LogP contribution in [0.2, 0.25) is 0 Å². The van der Waals surface area contributed by atoms with Crippen molar-refractivity contribution in [2.24, 2.45) is 0 Å². The predicted molar refractivity (Wildman–Crippen MR) is 71.3 cm³/mol. The molecule has 17 heavy (non-hydrogen) atoms. The molecule has 0 aliphatic heterocycles. The number of benzene rings is 1. The fourth-order valence-corrected chi connectivity index (χ4v) is 2.60. The summed E-state index contributed by atoms with van der Waals surface area (Å²) in [7, 11) is 0. The summed E-state index contributed by atoms with van der Waals surface area (Å²) < 4.78 is 0. The first-order valence-electron chi connectivity index (χ1n) is 5.93. The molecule has 0 radical (unpaired) electrons. The van der Waals surface area contributed by atoms with Gasteiger partial charge in [0.2, 0.25) is 0 Å². The van der Waals surface area contributed by atoms with E-state index in [4.69, 9.17) is 5.26 Å². The van der Waals surface area contributed by atoms with Crippen LogP contribution in [0, 0.1) is 45.9 Å². The van der Waals surface area contributed by atoms with Crippen LogP contribution in [0.5, 0.6) is 0 Å². The predicted octanol–water partition coefficient (Wildman–Crippen LogP) is 3.78. The molecule has 2 nitrogen and oxygen atoms in total. The Bertz CT molecular complexity index is 639. The molecular weight excluding hydrogens is 208 g/mol. The van der Waals surface area contributed by atoms with Crippen molar-refractivity contribution < 1.29 is 0 Å². The number of hydrogen-bond donors (Lipinski definition) is 1. The molecule has 0 saturated heterocycles. The Hall–Kier alpha value is -1.75. The highest BCUT2D eigenvalue weighted by Crippen LogP contribution is 2.32. The molecule has 1 aromatic heterocycles. The molecule has 2 aromatic rings. The summed E-state index contributed by atoms with van der Waals surface area (Å²) >= 11 is 0. The molecule has 2 rings (SSSR count). The molecule has 0 aliphatic carbocycles. The van der Waals surface area contributed by atoms with Gasteiger partial charge in [-0.3, -0.25) is 0 Å². The van der Waals surface area contributed by atoms with Crippen LogP contribution in [-0.4, -0.2) is 4.98 Å². The molecule has 0 spiro atoms. The highest BCUT2D eigenvalue weighted by atomic mass is 14.7. The SMILES string of the molecule is Cc1[nH]c2c(C)c(C)c(C)c(C)c2c1CC#N. The minimum absolute atomic E-state index is 0.481. The van der Waals surface area contributed by atoms with Crippen LogP contribution in [0.3, 0.4) is 0 Å². The number of nitriles is 1. The number of aromatic nitrogens is 1. The average Bonchev–Trinajstić information content (AvgIpc) is 2.62. The number of hydrogen-bond acceptors (Lipinski definition) is 1. The lowest BCUT2D eigenvalue weighted by Gasteiger charge is -2.11. The third kappa shape index (κ3) is 1.54. The van der Waals surface area contributed by atoms with Gasteiger partial charge in [0.25, 0.3) is 0 Å². The maximum Gasteiger partial charge on any atom is 0.0670 e. The van der Waals surface area contributed by atoms with E-state index in [1.807, 2.05) is 0 Å². The lowest BCUT2D eigenvalue weighted by molar-refractivity contribution is 1.19. The normalized spacial score (nSPS) is 10.8. The van der Waals surface area contributed by atoms with Crippen LogP contribution in [0.4, 0.5) is 0 Å². The molecular formula is C15H18N2. The van der Waals surface area contributed by atoms with Crippen molar-refractivity contribution in [3.8, 4) is 6.07 Å². The van der Waals surface area contributed by atoms with Gasteiger partial charge in [-0.25, -0.2) is 0 Å². The Morgan fingerprint density at radius 3 is 2.12 bits per heavy atom. The van der Waals surface area contributed by atoms with Gasteiger partial charge in [-0.15, -0.1) is 0 Å². The smallest absolute Gasteiger partial charge is 0.0670 e. The second-order valence-electron chi connectivity index (χ2n) is 4.81. The first-order chi connectivity index (χ1) is 7.99. The largest absolute Gasteiger partial charge is 0.358 e. The molecule has 88 valence electrons. The maximum atomic E-state index is 8.94. The zero-order valence-electron chi connectivity index (χ0n) is 11.2. The first kappa shape index (κ1) is 11.7. The Morgan fingerprint density at radius 1 is 0.941 bits per heavy atom. The molecule has 0 aliphatic rings. The Morgan fingerprint density at radius 2 is 1.53 bits per heavy atom. The standard InChI is InChI=1S/C15H18N2/c1-8-9(2)11(4)15-14(10(8)3)13(6-7-16)12(5)17-15/h17H,6H2,1-5H3. The van der Waals surface area contributed by atoms with Crippen molar-refractivity contribution in [1.82, 2.24) is 4.98 Å². The van der Waals surface area contributed by atoms with E-state index in [9.17, 15) is 0 Å². The van der Waals surface area contributed by atoms with Gasteiger partial charge in [-0.05, 0) is 62.4 Å². The van der Waals surface area contributed by atoms with Gasteiger partial charge in [0.05, 0.1) is 12.5 Å². The van der Waals surface area contributed by atoms with E-state index >= 15 is 0 Å². The zero-order chi connectivity index (χ0) is 12.7. The van der Waals surface area contributed by atoms with Gasteiger partial charge in [0.15, 0.2) is 0 Å². The van der Waals surface area contributed by atoms with Gasteiger partial charge in [-0.1, -0.05) is 0 Å². The van der Waals surface area contributed by atoms with E-state index in [0.717, 1.165) is 11.3 Å². The molecule has 1 N–H and O–H groups in total. The first-order valence-corrected chi connectivity index (χ1v) is 5.93. The molecule has 0 fully saturated rings. The van der Waals surface area contributed by atoms with E-state index < -0.39 is 0 Å². The quantitative estimate of drug-likeness (QED) is 0.789. The fourth-order valence-electron chi connectivity index (χ4n) is 2.60. The van der Waals surface area contributed by atoms with Crippen molar-refractivity contribution in [3.63, 3.8) is 0 Å². The molecule has 0 saturated carbocycles. The summed E-state index contributed by atoms with van der Waals surface area (Å²) in [6.07, 6.45) is 0.481. The van der Waals surface area contributed by atoms with E-state index in [-0.39, 0.29) is 0 Å². The van der Waals surface area contributed by atoms with Crippen molar-refractivity contribution in [1.29, 1.82) is 5.26 Å². The molecule has 0 unspecified atom stereocenters. The van der Waals surface area contributed by atoms with E-state index in [1.54, 1.807) is 0 Å². The molecule has 1 aromatic carbocycles. The number of H-pyrrole nitrogens is 1. The molecule has 0 amide bonds. The van der Waals surface area contributed by atoms with Gasteiger partial charge >= 0.3 is 0 Å². The summed E-state index contributed by atoms with van der Waals surface area (Å²) in [6, 6.07) is 2.26. The second kappa shape index (κ2) is 3.92. The van der Waals surface area contributed by atoms with Crippen LogP contribution in [0.15, 0.2) is 0 Å². The Balaban J connectivity index is 2.97. The summed E-state index contributed by atoms with van der Waals surface area (Å²) in [5, 5.41) is 10.2. The number of nitrogens with one attached hydrogen (secondary N) is 1. The van der Waals surface area contributed by atoms with E-state index in [2.05, 4.69) is 45.7 Å². The zero-order valence-corrected chi connectivity index (χ0v) is 11.2. The maximum absolute atomic E-state index is 8.94. The number of fused-ring (bicyclic) bond motifs is 1.